The van der Waals surface area contributed by atoms with Gasteiger partial charge in [-0.2, -0.15) is 0 Å². The first-order valence-corrected chi connectivity index (χ1v) is 3.95. The lowest BCUT2D eigenvalue weighted by Gasteiger charge is -2.07. The fourth-order valence-corrected chi connectivity index (χ4v) is 1.13. The number of benzene rings is 1. The number of nitrogens with one attached hydrogen (secondary N) is 1. The first kappa shape index (κ1) is 8.65. The van der Waals surface area contributed by atoms with Gasteiger partial charge in [0.25, 0.3) is 0 Å². The molecule has 3 N–H and O–H groups in total. The molecular weight excluding hydrogens is 148 g/mol. The summed E-state index contributed by atoms with van der Waals surface area (Å²) in [6.45, 7) is 2.00. The Bertz CT molecular complexity index is 290. The Morgan fingerprint density at radius 3 is 2.67 bits per heavy atom. The Kier molecular flexibility index (Phi) is 2.75. The molecule has 12 heavy (non-hydrogen) atoms. The van der Waals surface area contributed by atoms with Crippen molar-refractivity contribution in [2.24, 2.45) is 5.73 Å². The van der Waals surface area contributed by atoms with Crippen LogP contribution in [-0.2, 0) is 0 Å². The number of hydrogen-bond acceptors (Lipinski definition) is 2. The van der Waals surface area contributed by atoms with E-state index in [1.807, 2.05) is 38.2 Å². The standard InChI is InChI=1S/C10H14N2/c1-8(7-11)9-5-3-4-6-10(9)12-2/h3-7,12H,11H2,1-2H3/b8-7-. The van der Waals surface area contributed by atoms with E-state index in [1.165, 1.54) is 0 Å². The highest BCUT2D eigenvalue weighted by molar-refractivity contribution is 5.74. The number of hydrogen-bond donors (Lipinski definition) is 2. The summed E-state index contributed by atoms with van der Waals surface area (Å²) in [6, 6.07) is 8.08. The smallest absolute Gasteiger partial charge is 0.0414 e. The summed E-state index contributed by atoms with van der Waals surface area (Å²) in [5.74, 6) is 0. The van der Waals surface area contributed by atoms with Crippen LogP contribution in [0.15, 0.2) is 30.5 Å². The Balaban J connectivity index is 3.13. The molecule has 0 radical (unpaired) electrons. The Hall–Kier alpha value is -1.44. The molecule has 0 aliphatic carbocycles. The number of rotatable bonds is 2. The second-order valence-corrected chi connectivity index (χ2v) is 2.65. The molecule has 0 unspecified atom stereocenters. The van der Waals surface area contributed by atoms with Crippen LogP contribution in [0.2, 0.25) is 0 Å². The molecule has 1 aromatic carbocycles. The van der Waals surface area contributed by atoms with Gasteiger partial charge in [-0.3, -0.25) is 0 Å². The third kappa shape index (κ3) is 1.59. The van der Waals surface area contributed by atoms with E-state index < -0.39 is 0 Å². The lowest BCUT2D eigenvalue weighted by atomic mass is 10.1. The molecule has 0 atom stereocenters. The van der Waals surface area contributed by atoms with Gasteiger partial charge >= 0.3 is 0 Å². The molecule has 64 valence electrons. The Morgan fingerprint density at radius 1 is 1.42 bits per heavy atom. The summed E-state index contributed by atoms with van der Waals surface area (Å²) in [7, 11) is 1.91. The molecule has 1 rings (SSSR count). The summed E-state index contributed by atoms with van der Waals surface area (Å²) in [4.78, 5) is 0. The predicted molar refractivity (Wildman–Crippen MR) is 53.8 cm³/mol. The minimum atomic E-state index is 1.08. The largest absolute Gasteiger partial charge is 0.404 e. The monoisotopic (exact) mass is 162 g/mol. The van der Waals surface area contributed by atoms with E-state index in [4.69, 9.17) is 5.73 Å². The van der Waals surface area contributed by atoms with Crippen LogP contribution in [0, 0.1) is 0 Å². The van der Waals surface area contributed by atoms with Crippen LogP contribution in [0.1, 0.15) is 12.5 Å². The lowest BCUT2D eigenvalue weighted by molar-refractivity contribution is 1.45. The summed E-state index contributed by atoms with van der Waals surface area (Å²) >= 11 is 0. The van der Waals surface area contributed by atoms with Crippen LogP contribution >= 0.6 is 0 Å². The van der Waals surface area contributed by atoms with Gasteiger partial charge in [-0.1, -0.05) is 18.2 Å². The van der Waals surface area contributed by atoms with Gasteiger partial charge in [0.2, 0.25) is 0 Å². The van der Waals surface area contributed by atoms with E-state index in [2.05, 4.69) is 5.32 Å². The third-order valence-corrected chi connectivity index (χ3v) is 1.87. The van der Waals surface area contributed by atoms with Crippen molar-refractivity contribution in [3.63, 3.8) is 0 Å². The van der Waals surface area contributed by atoms with Crippen molar-refractivity contribution in [3.05, 3.63) is 36.0 Å². The van der Waals surface area contributed by atoms with Crippen LogP contribution < -0.4 is 11.1 Å². The van der Waals surface area contributed by atoms with Crippen molar-refractivity contribution < 1.29 is 0 Å². The van der Waals surface area contributed by atoms with Gasteiger partial charge in [-0.05, 0) is 24.8 Å². The maximum absolute atomic E-state index is 5.44. The van der Waals surface area contributed by atoms with Crippen LogP contribution in [0.3, 0.4) is 0 Å². The van der Waals surface area contributed by atoms with E-state index in [0.717, 1.165) is 16.8 Å². The highest BCUT2D eigenvalue weighted by Gasteiger charge is 1.99. The molecule has 0 saturated heterocycles. The molecule has 2 heteroatoms. The van der Waals surface area contributed by atoms with Crippen molar-refractivity contribution in [1.29, 1.82) is 0 Å². The number of para-hydroxylation sites is 1. The summed E-state index contributed by atoms with van der Waals surface area (Å²) < 4.78 is 0. The highest BCUT2D eigenvalue weighted by atomic mass is 14.8. The zero-order valence-electron chi connectivity index (χ0n) is 7.46. The van der Waals surface area contributed by atoms with E-state index in [1.54, 1.807) is 6.20 Å². The molecule has 0 fully saturated rings. The number of nitrogens with two attached hydrogens (primary N) is 1. The van der Waals surface area contributed by atoms with Crippen LogP contribution in [0.4, 0.5) is 5.69 Å². The topological polar surface area (TPSA) is 38.0 Å². The fraction of sp³-hybridized carbons (Fsp3) is 0.200. The number of anilines is 1. The summed E-state index contributed by atoms with van der Waals surface area (Å²) in [5.41, 5.74) is 8.78. The van der Waals surface area contributed by atoms with Crippen LogP contribution in [0.5, 0.6) is 0 Å². The second kappa shape index (κ2) is 3.81. The van der Waals surface area contributed by atoms with E-state index in [9.17, 15) is 0 Å². The minimum absolute atomic E-state index is 1.08. The average molecular weight is 162 g/mol. The first-order chi connectivity index (χ1) is 5.79. The molecule has 0 amide bonds. The first-order valence-electron chi connectivity index (χ1n) is 3.95. The van der Waals surface area contributed by atoms with Crippen molar-refractivity contribution in [2.45, 2.75) is 6.92 Å². The molecule has 0 saturated carbocycles. The van der Waals surface area contributed by atoms with Crippen molar-refractivity contribution in [1.82, 2.24) is 0 Å². The van der Waals surface area contributed by atoms with Gasteiger partial charge < -0.3 is 11.1 Å². The molecule has 0 spiro atoms. The SMILES string of the molecule is CNc1ccccc1/C(C)=C\N. The lowest BCUT2D eigenvalue weighted by Crippen LogP contribution is -1.94. The molecule has 0 heterocycles. The van der Waals surface area contributed by atoms with Crippen molar-refractivity contribution >= 4 is 11.3 Å². The van der Waals surface area contributed by atoms with Gasteiger partial charge in [-0.15, -0.1) is 0 Å². The normalized spacial score (nSPS) is 11.3. The van der Waals surface area contributed by atoms with Crippen LogP contribution in [0.25, 0.3) is 5.57 Å². The van der Waals surface area contributed by atoms with E-state index >= 15 is 0 Å². The summed E-state index contributed by atoms with van der Waals surface area (Å²) in [5, 5.41) is 3.11. The Labute approximate surface area is 73.1 Å². The van der Waals surface area contributed by atoms with Gasteiger partial charge in [0, 0.05) is 18.3 Å². The van der Waals surface area contributed by atoms with Gasteiger partial charge in [0.05, 0.1) is 0 Å². The zero-order valence-corrected chi connectivity index (χ0v) is 7.46. The van der Waals surface area contributed by atoms with Crippen molar-refractivity contribution in [2.75, 3.05) is 12.4 Å². The molecule has 2 nitrogen and oxygen atoms in total. The highest BCUT2D eigenvalue weighted by Crippen LogP contribution is 2.21. The van der Waals surface area contributed by atoms with Gasteiger partial charge in [0.15, 0.2) is 0 Å². The predicted octanol–water partition coefficient (Wildman–Crippen LogP) is 2.05. The quantitative estimate of drug-likeness (QED) is 0.698. The van der Waals surface area contributed by atoms with Gasteiger partial charge in [-0.25, -0.2) is 0 Å². The maximum Gasteiger partial charge on any atom is 0.0414 e. The fourth-order valence-electron chi connectivity index (χ4n) is 1.13. The zero-order chi connectivity index (χ0) is 8.97. The van der Waals surface area contributed by atoms with Crippen LogP contribution in [-0.4, -0.2) is 7.05 Å². The average Bonchev–Trinajstić information content (AvgIpc) is 2.16. The second-order valence-electron chi connectivity index (χ2n) is 2.65. The molecular formula is C10H14N2. The molecule has 0 aliphatic heterocycles. The summed E-state index contributed by atoms with van der Waals surface area (Å²) in [6.07, 6.45) is 1.62. The van der Waals surface area contributed by atoms with Crippen molar-refractivity contribution in [3.8, 4) is 0 Å². The number of allylic oxidation sites excluding steroid dienone is 1. The minimum Gasteiger partial charge on any atom is -0.404 e. The van der Waals surface area contributed by atoms with E-state index in [-0.39, 0.29) is 0 Å². The van der Waals surface area contributed by atoms with E-state index in [0.29, 0.717) is 0 Å². The van der Waals surface area contributed by atoms with Gasteiger partial charge in [0.1, 0.15) is 0 Å². The molecule has 0 bridgehead atoms. The Morgan fingerprint density at radius 2 is 2.08 bits per heavy atom. The maximum atomic E-state index is 5.44. The molecule has 1 aromatic rings. The molecule has 0 aromatic heterocycles. The third-order valence-electron chi connectivity index (χ3n) is 1.87. The molecule has 0 aliphatic rings.